The van der Waals surface area contributed by atoms with Crippen molar-refractivity contribution in [2.75, 3.05) is 20.7 Å². The number of carbonyl (C=O) groups excluding carboxylic acids is 4. The Morgan fingerprint density at radius 2 is 1.89 bits per heavy atom. The lowest BCUT2D eigenvalue weighted by Crippen LogP contribution is -2.81. The largest absolute Gasteiger partial charge is 0.542 e. The average molecular weight is 400 g/mol. The Morgan fingerprint density at radius 1 is 1.41 bits per heavy atom. The predicted molar refractivity (Wildman–Crippen MR) is 81.0 cm³/mol. The van der Waals surface area contributed by atoms with E-state index < -0.39 is 30.2 Å². The minimum Gasteiger partial charge on any atom is -0.542 e. The second-order valence-electron chi connectivity index (χ2n) is 6.08. The van der Waals surface area contributed by atoms with Gasteiger partial charge < -0.3 is 25.7 Å². The van der Waals surface area contributed by atoms with E-state index in [1.54, 1.807) is 0 Å². The van der Waals surface area contributed by atoms with Gasteiger partial charge in [0.15, 0.2) is 6.04 Å². The van der Waals surface area contributed by atoms with Crippen LogP contribution in [0.3, 0.4) is 0 Å². The number of urea groups is 1. The maximum Gasteiger partial charge on any atom is 0.430 e. The third-order valence-electron chi connectivity index (χ3n) is 3.37. The molecule has 0 aromatic carbocycles. The number of carbonyl (C=O) groups is 4. The molecular formula is C14H23F3N4O6. The molecule has 0 radical (unpaired) electrons. The highest BCUT2D eigenvalue weighted by molar-refractivity contribution is 5.89. The molecule has 13 heteroatoms. The molecule has 1 fully saturated rings. The molecule has 0 aromatic heterocycles. The lowest BCUT2D eigenvalue weighted by atomic mass is 10.0. The second kappa shape index (κ2) is 9.94. The van der Waals surface area contributed by atoms with E-state index in [1.165, 1.54) is 24.2 Å². The minimum absolute atomic E-state index is 0.207. The topological polar surface area (TPSA) is 147 Å². The molecule has 4 N–H and O–H groups in total. The van der Waals surface area contributed by atoms with Gasteiger partial charge >= 0.3 is 24.1 Å². The first-order chi connectivity index (χ1) is 12.2. The Labute approximate surface area is 153 Å². The van der Waals surface area contributed by atoms with Crippen molar-refractivity contribution < 1.29 is 47.9 Å². The first-order valence-electron chi connectivity index (χ1n) is 7.76. The van der Waals surface area contributed by atoms with Crippen molar-refractivity contribution in [2.24, 2.45) is 5.92 Å². The van der Waals surface area contributed by atoms with E-state index in [0.29, 0.717) is 13.0 Å². The third kappa shape index (κ3) is 7.68. The smallest absolute Gasteiger partial charge is 0.430 e. The van der Waals surface area contributed by atoms with Crippen molar-refractivity contribution in [3.8, 4) is 0 Å². The molecule has 0 bridgehead atoms. The highest BCUT2D eigenvalue weighted by Gasteiger charge is 2.42. The molecular weight excluding hydrogens is 377 g/mol. The first-order valence-corrected chi connectivity index (χ1v) is 7.76. The van der Waals surface area contributed by atoms with Crippen molar-refractivity contribution in [3.63, 3.8) is 0 Å². The summed E-state index contributed by atoms with van der Waals surface area (Å²) >= 11 is 0. The standard InChI is InChI=1S/C12H22N4O4.C2HF3O2/c1-7(2)5-9(11(18)20-4)14-12(19)15(3)16-6-8(13)10(16)17;3-2(4,5)1(6)7/h7-9H,5-6,13H2,1-4H3,(H,14,19);(H,6,7)/t8-,9-;/m0./s1. The van der Waals surface area contributed by atoms with Crippen LogP contribution in [0.25, 0.3) is 0 Å². The lowest BCUT2D eigenvalue weighted by molar-refractivity contribution is -0.426. The number of nitrogens with zero attached hydrogens (tertiary/aromatic N) is 2. The summed E-state index contributed by atoms with van der Waals surface area (Å²) in [6, 6.07) is -1.54. The van der Waals surface area contributed by atoms with Crippen molar-refractivity contribution in [2.45, 2.75) is 38.5 Å². The zero-order chi connectivity index (χ0) is 21.5. The van der Waals surface area contributed by atoms with E-state index in [0.717, 1.165) is 0 Å². The Morgan fingerprint density at radius 3 is 2.19 bits per heavy atom. The molecule has 3 amide bonds. The molecule has 2 atom stereocenters. The summed E-state index contributed by atoms with van der Waals surface area (Å²) in [6.07, 6.45) is -4.72. The van der Waals surface area contributed by atoms with Crippen LogP contribution in [0.5, 0.6) is 0 Å². The number of carboxylic acid groups (broad SMARTS) is 1. The summed E-state index contributed by atoms with van der Waals surface area (Å²) < 4.78 is 36.2. The number of hydrogen-bond donors (Lipinski definition) is 2. The Bertz CT molecular complexity index is 570. The molecule has 156 valence electrons. The number of carboxylic acids is 1. The molecule has 27 heavy (non-hydrogen) atoms. The van der Waals surface area contributed by atoms with Crippen LogP contribution in [-0.2, 0) is 19.1 Å². The van der Waals surface area contributed by atoms with Crippen molar-refractivity contribution in [1.82, 2.24) is 15.3 Å². The first kappa shape index (κ1) is 24.4. The van der Waals surface area contributed by atoms with Gasteiger partial charge in [-0.3, -0.25) is 4.79 Å². The number of alkyl halides is 3. The van der Waals surface area contributed by atoms with Gasteiger partial charge in [-0.2, -0.15) is 13.2 Å². The third-order valence-corrected chi connectivity index (χ3v) is 3.37. The maximum atomic E-state index is 12.0. The molecule has 1 saturated heterocycles. The lowest BCUT2D eigenvalue weighted by Gasteiger charge is -2.39. The number of quaternary nitrogens is 1. The van der Waals surface area contributed by atoms with Crippen LogP contribution in [0.15, 0.2) is 0 Å². The number of ether oxygens (including phenoxy) is 1. The Hall–Kier alpha value is -2.57. The van der Waals surface area contributed by atoms with Crippen LogP contribution in [0.4, 0.5) is 18.0 Å². The number of amides is 3. The van der Waals surface area contributed by atoms with E-state index in [1.807, 2.05) is 13.8 Å². The summed E-state index contributed by atoms with van der Waals surface area (Å²) in [5.41, 5.74) is 3.63. The van der Waals surface area contributed by atoms with Gasteiger partial charge in [0.1, 0.15) is 18.6 Å². The van der Waals surface area contributed by atoms with Crippen molar-refractivity contribution in [3.05, 3.63) is 0 Å². The fourth-order valence-corrected chi connectivity index (χ4v) is 1.93. The van der Waals surface area contributed by atoms with Crippen molar-refractivity contribution >= 4 is 23.9 Å². The van der Waals surface area contributed by atoms with Crippen molar-refractivity contribution in [1.29, 1.82) is 0 Å². The summed E-state index contributed by atoms with van der Waals surface area (Å²) in [5, 5.41) is 13.8. The van der Waals surface area contributed by atoms with E-state index >= 15 is 0 Å². The molecule has 0 spiro atoms. The van der Waals surface area contributed by atoms with Gasteiger partial charge in [-0.05, 0) is 12.3 Å². The van der Waals surface area contributed by atoms with Gasteiger partial charge in [0.2, 0.25) is 0 Å². The molecule has 1 rings (SSSR count). The predicted octanol–water partition coefficient (Wildman–Crippen LogP) is -2.12. The fraction of sp³-hybridized carbons (Fsp3) is 0.714. The number of methoxy groups -OCH3 is 1. The van der Waals surface area contributed by atoms with Crippen LogP contribution in [0, 0.1) is 5.92 Å². The van der Waals surface area contributed by atoms with Gasteiger partial charge in [-0.25, -0.2) is 19.6 Å². The van der Waals surface area contributed by atoms with E-state index in [-0.39, 0.29) is 17.9 Å². The Balaban J connectivity index is 0.000000821. The maximum absolute atomic E-state index is 12.0. The molecule has 0 saturated carbocycles. The molecule has 1 aliphatic rings. The number of esters is 1. The molecule has 1 heterocycles. The van der Waals surface area contributed by atoms with Gasteiger partial charge in [-0.15, -0.1) is 0 Å². The number of hydrazine groups is 1. The average Bonchev–Trinajstić information content (AvgIpc) is 2.56. The van der Waals surface area contributed by atoms with Crippen LogP contribution in [-0.4, -0.2) is 72.9 Å². The summed E-state index contributed by atoms with van der Waals surface area (Å²) in [7, 11) is 2.75. The van der Waals surface area contributed by atoms with Crippen LogP contribution in [0.2, 0.25) is 0 Å². The zero-order valence-corrected chi connectivity index (χ0v) is 15.3. The second-order valence-corrected chi connectivity index (χ2v) is 6.08. The monoisotopic (exact) mass is 400 g/mol. The summed E-state index contributed by atoms with van der Waals surface area (Å²) in [6.45, 7) is 4.28. The van der Waals surface area contributed by atoms with E-state index in [4.69, 9.17) is 9.90 Å². The van der Waals surface area contributed by atoms with E-state index in [9.17, 15) is 27.6 Å². The molecule has 0 aliphatic carbocycles. The minimum atomic E-state index is -5.19. The quantitative estimate of drug-likeness (QED) is 0.399. The normalized spacial score (nSPS) is 17.3. The molecule has 10 nitrogen and oxygen atoms in total. The SMILES string of the molecule is COC(=O)[C@H](CC(C)C)NC(=O)N(C)N1C[C@H]([NH3+])C1=O.O=C([O-])C(F)(F)F. The molecule has 1 aliphatic heterocycles. The summed E-state index contributed by atoms with van der Waals surface area (Å²) in [4.78, 5) is 44.0. The summed E-state index contributed by atoms with van der Waals surface area (Å²) in [5.74, 6) is -3.49. The number of halogens is 3. The fourth-order valence-electron chi connectivity index (χ4n) is 1.93. The molecule has 0 unspecified atom stereocenters. The van der Waals surface area contributed by atoms with Gasteiger partial charge in [0.25, 0.3) is 0 Å². The number of nitrogens with one attached hydrogen (secondary N) is 1. The van der Waals surface area contributed by atoms with Crippen LogP contribution >= 0.6 is 0 Å². The zero-order valence-electron chi connectivity index (χ0n) is 15.3. The highest BCUT2D eigenvalue weighted by Crippen LogP contribution is 2.12. The number of rotatable bonds is 5. The number of β-lactam (4-membered cyclic amide) rings is 1. The van der Waals surface area contributed by atoms with Gasteiger partial charge in [-0.1, -0.05) is 13.8 Å². The van der Waals surface area contributed by atoms with Crippen LogP contribution in [0.1, 0.15) is 20.3 Å². The van der Waals surface area contributed by atoms with Gasteiger partial charge in [0, 0.05) is 7.05 Å². The number of aliphatic carboxylic acids is 1. The number of hydrogen-bond acceptors (Lipinski definition) is 6. The van der Waals surface area contributed by atoms with Crippen LogP contribution < -0.4 is 16.2 Å². The van der Waals surface area contributed by atoms with Gasteiger partial charge in [0.05, 0.1) is 7.11 Å². The molecule has 0 aromatic rings. The van der Waals surface area contributed by atoms with E-state index in [2.05, 4.69) is 15.8 Å². The highest BCUT2D eigenvalue weighted by atomic mass is 19.4. The Kier molecular flexibility index (Phi) is 9.00.